The summed E-state index contributed by atoms with van der Waals surface area (Å²) in [6.45, 7) is 5.43. The molecule has 100 valence electrons. The first-order valence-corrected chi connectivity index (χ1v) is 5.33. The SMILES string of the molecule is CC1(C)CN(C(=O)CNC(=O)CN)CCO1.Cl. The summed E-state index contributed by atoms with van der Waals surface area (Å²) in [5, 5.41) is 2.46. The number of rotatable bonds is 3. The van der Waals surface area contributed by atoms with Crippen LogP contribution < -0.4 is 11.1 Å². The maximum absolute atomic E-state index is 11.7. The maximum Gasteiger partial charge on any atom is 0.242 e. The molecule has 1 heterocycles. The summed E-state index contributed by atoms with van der Waals surface area (Å²) in [6.07, 6.45) is 0. The molecule has 17 heavy (non-hydrogen) atoms. The van der Waals surface area contributed by atoms with Gasteiger partial charge in [-0.1, -0.05) is 0 Å². The molecule has 1 fully saturated rings. The van der Waals surface area contributed by atoms with E-state index in [0.29, 0.717) is 19.7 Å². The van der Waals surface area contributed by atoms with Gasteiger partial charge in [0.2, 0.25) is 11.8 Å². The van der Waals surface area contributed by atoms with Crippen molar-refractivity contribution in [3.05, 3.63) is 0 Å². The molecule has 0 unspecified atom stereocenters. The van der Waals surface area contributed by atoms with Crippen molar-refractivity contribution in [2.75, 3.05) is 32.8 Å². The van der Waals surface area contributed by atoms with E-state index in [1.54, 1.807) is 4.90 Å². The molecule has 2 amide bonds. The van der Waals surface area contributed by atoms with Gasteiger partial charge >= 0.3 is 0 Å². The third kappa shape index (κ3) is 5.34. The third-order valence-corrected chi connectivity index (χ3v) is 2.40. The number of nitrogens with zero attached hydrogens (tertiary/aromatic N) is 1. The lowest BCUT2D eigenvalue weighted by atomic mass is 10.1. The van der Waals surface area contributed by atoms with Gasteiger partial charge in [0.15, 0.2) is 0 Å². The van der Waals surface area contributed by atoms with E-state index in [1.165, 1.54) is 0 Å². The molecule has 6 nitrogen and oxygen atoms in total. The van der Waals surface area contributed by atoms with Crippen molar-refractivity contribution in [2.24, 2.45) is 5.73 Å². The van der Waals surface area contributed by atoms with E-state index in [9.17, 15) is 9.59 Å². The Hall–Kier alpha value is -0.850. The van der Waals surface area contributed by atoms with E-state index in [0.717, 1.165) is 0 Å². The number of amides is 2. The van der Waals surface area contributed by atoms with Crippen LogP contribution in [-0.2, 0) is 14.3 Å². The summed E-state index contributed by atoms with van der Waals surface area (Å²) in [5.41, 5.74) is 4.81. The van der Waals surface area contributed by atoms with E-state index in [-0.39, 0.29) is 42.9 Å². The first-order valence-electron chi connectivity index (χ1n) is 5.33. The largest absolute Gasteiger partial charge is 0.372 e. The second kappa shape index (κ2) is 6.78. The number of halogens is 1. The minimum atomic E-state index is -0.319. The number of ether oxygens (including phenoxy) is 1. The number of nitrogens with two attached hydrogens (primary N) is 1. The average molecular weight is 266 g/mol. The molecule has 0 atom stereocenters. The fourth-order valence-electron chi connectivity index (χ4n) is 1.59. The molecule has 0 aliphatic carbocycles. The smallest absolute Gasteiger partial charge is 0.242 e. The van der Waals surface area contributed by atoms with Crippen molar-refractivity contribution in [1.29, 1.82) is 0 Å². The molecule has 0 aromatic heterocycles. The minimum Gasteiger partial charge on any atom is -0.372 e. The molecule has 1 aliphatic rings. The van der Waals surface area contributed by atoms with Gasteiger partial charge < -0.3 is 20.7 Å². The molecule has 0 bridgehead atoms. The fourth-order valence-corrected chi connectivity index (χ4v) is 1.59. The molecule has 7 heteroatoms. The highest BCUT2D eigenvalue weighted by molar-refractivity contribution is 5.85. The van der Waals surface area contributed by atoms with Gasteiger partial charge in [-0.3, -0.25) is 9.59 Å². The van der Waals surface area contributed by atoms with Gasteiger partial charge in [0, 0.05) is 13.1 Å². The summed E-state index contributed by atoms with van der Waals surface area (Å²) in [6, 6.07) is 0. The lowest BCUT2D eigenvalue weighted by Gasteiger charge is -2.38. The van der Waals surface area contributed by atoms with Crippen LogP contribution in [0.1, 0.15) is 13.8 Å². The highest BCUT2D eigenvalue weighted by Crippen LogP contribution is 2.16. The van der Waals surface area contributed by atoms with Crippen LogP contribution >= 0.6 is 12.4 Å². The van der Waals surface area contributed by atoms with Crippen molar-refractivity contribution in [3.8, 4) is 0 Å². The number of hydrogen-bond acceptors (Lipinski definition) is 4. The summed E-state index contributed by atoms with van der Waals surface area (Å²) in [5.74, 6) is -0.418. The van der Waals surface area contributed by atoms with Crippen LogP contribution in [0.4, 0.5) is 0 Å². The molecule has 1 rings (SSSR count). The Kier molecular flexibility index (Phi) is 6.44. The summed E-state index contributed by atoms with van der Waals surface area (Å²) >= 11 is 0. The number of hydrogen-bond donors (Lipinski definition) is 2. The molecule has 0 radical (unpaired) electrons. The zero-order chi connectivity index (χ0) is 12.2. The van der Waals surface area contributed by atoms with Gasteiger partial charge in [-0.2, -0.15) is 0 Å². The van der Waals surface area contributed by atoms with Crippen LogP contribution in [0.5, 0.6) is 0 Å². The third-order valence-electron chi connectivity index (χ3n) is 2.40. The second-order valence-electron chi connectivity index (χ2n) is 4.40. The predicted molar refractivity (Wildman–Crippen MR) is 65.9 cm³/mol. The maximum atomic E-state index is 11.7. The molecule has 0 saturated carbocycles. The Morgan fingerprint density at radius 3 is 2.65 bits per heavy atom. The van der Waals surface area contributed by atoms with Crippen molar-refractivity contribution in [3.63, 3.8) is 0 Å². The number of carbonyl (C=O) groups excluding carboxylic acids is 2. The molecule has 0 aromatic rings. The standard InChI is InChI=1S/C10H19N3O3.ClH/c1-10(2)7-13(3-4-16-10)9(15)6-12-8(14)5-11;/h3-7,11H2,1-2H3,(H,12,14);1H. The lowest BCUT2D eigenvalue weighted by Crippen LogP contribution is -2.53. The number of morpholine rings is 1. The quantitative estimate of drug-likeness (QED) is 0.694. The van der Waals surface area contributed by atoms with E-state index < -0.39 is 0 Å². The van der Waals surface area contributed by atoms with Gasteiger partial charge in [0.05, 0.1) is 25.3 Å². The molecule has 1 saturated heterocycles. The highest BCUT2D eigenvalue weighted by Gasteiger charge is 2.29. The molecular weight excluding hydrogens is 246 g/mol. The van der Waals surface area contributed by atoms with Crippen LogP contribution in [0.15, 0.2) is 0 Å². The van der Waals surface area contributed by atoms with Gasteiger partial charge in [0.1, 0.15) is 0 Å². The van der Waals surface area contributed by atoms with E-state index in [2.05, 4.69) is 5.32 Å². The van der Waals surface area contributed by atoms with Crippen LogP contribution in [0.25, 0.3) is 0 Å². The van der Waals surface area contributed by atoms with Crippen molar-refractivity contribution >= 4 is 24.2 Å². The Balaban J connectivity index is 0.00000256. The Bertz CT molecular complexity index is 284. The van der Waals surface area contributed by atoms with Gasteiger partial charge in [-0.05, 0) is 13.8 Å². The molecule has 0 spiro atoms. The van der Waals surface area contributed by atoms with E-state index in [1.807, 2.05) is 13.8 Å². The van der Waals surface area contributed by atoms with Gasteiger partial charge in [0.25, 0.3) is 0 Å². The lowest BCUT2D eigenvalue weighted by molar-refractivity contribution is -0.145. The zero-order valence-electron chi connectivity index (χ0n) is 10.2. The fraction of sp³-hybridized carbons (Fsp3) is 0.800. The Labute approximate surface area is 107 Å². The van der Waals surface area contributed by atoms with Crippen molar-refractivity contribution < 1.29 is 14.3 Å². The van der Waals surface area contributed by atoms with Gasteiger partial charge in [-0.15, -0.1) is 12.4 Å². The first kappa shape index (κ1) is 16.1. The van der Waals surface area contributed by atoms with Crippen LogP contribution in [-0.4, -0.2) is 55.1 Å². The van der Waals surface area contributed by atoms with Crippen LogP contribution in [0.2, 0.25) is 0 Å². The molecule has 3 N–H and O–H groups in total. The topological polar surface area (TPSA) is 84.7 Å². The van der Waals surface area contributed by atoms with Crippen LogP contribution in [0.3, 0.4) is 0 Å². The Morgan fingerprint density at radius 1 is 1.47 bits per heavy atom. The zero-order valence-corrected chi connectivity index (χ0v) is 11.0. The average Bonchev–Trinajstić information content (AvgIpc) is 2.23. The summed E-state index contributed by atoms with van der Waals surface area (Å²) in [4.78, 5) is 24.3. The van der Waals surface area contributed by atoms with E-state index >= 15 is 0 Å². The van der Waals surface area contributed by atoms with Crippen molar-refractivity contribution in [1.82, 2.24) is 10.2 Å². The monoisotopic (exact) mass is 265 g/mol. The molecule has 0 aromatic carbocycles. The second-order valence-corrected chi connectivity index (χ2v) is 4.40. The summed E-state index contributed by atoms with van der Waals surface area (Å²) in [7, 11) is 0. The number of carbonyl (C=O) groups is 2. The predicted octanol–water partition coefficient (Wildman–Crippen LogP) is -0.879. The minimum absolute atomic E-state index is 0. The summed E-state index contributed by atoms with van der Waals surface area (Å²) < 4.78 is 5.49. The highest BCUT2D eigenvalue weighted by atomic mass is 35.5. The van der Waals surface area contributed by atoms with Crippen LogP contribution in [0, 0.1) is 0 Å². The first-order chi connectivity index (χ1) is 7.44. The molecular formula is C10H20ClN3O3. The van der Waals surface area contributed by atoms with E-state index in [4.69, 9.17) is 10.5 Å². The number of nitrogens with one attached hydrogen (secondary N) is 1. The molecule has 1 aliphatic heterocycles. The normalized spacial score (nSPS) is 18.2. The van der Waals surface area contributed by atoms with Gasteiger partial charge in [-0.25, -0.2) is 0 Å². The Morgan fingerprint density at radius 2 is 2.12 bits per heavy atom. The van der Waals surface area contributed by atoms with Crippen molar-refractivity contribution in [2.45, 2.75) is 19.4 Å².